The molecule has 3 nitrogen and oxygen atoms in total. The summed E-state index contributed by atoms with van der Waals surface area (Å²) in [7, 11) is 1.65. The van der Waals surface area contributed by atoms with Gasteiger partial charge in [0.25, 0.3) is 0 Å². The maximum atomic E-state index is 5.05. The van der Waals surface area contributed by atoms with Gasteiger partial charge in [0.15, 0.2) is 0 Å². The maximum Gasteiger partial charge on any atom is 0.137 e. The quantitative estimate of drug-likeness (QED) is 0.718. The van der Waals surface area contributed by atoms with Gasteiger partial charge in [-0.05, 0) is 24.5 Å². The molecule has 1 rings (SSSR count). The second-order valence-electron chi connectivity index (χ2n) is 4.40. The van der Waals surface area contributed by atoms with Crippen molar-refractivity contribution in [1.29, 1.82) is 0 Å². The van der Waals surface area contributed by atoms with Crippen LogP contribution < -0.4 is 10.1 Å². The second kappa shape index (κ2) is 7.09. The first kappa shape index (κ1) is 12.8. The summed E-state index contributed by atoms with van der Waals surface area (Å²) >= 11 is 0. The van der Waals surface area contributed by atoms with E-state index in [2.05, 4.69) is 24.1 Å². The molecule has 0 aliphatic carbocycles. The summed E-state index contributed by atoms with van der Waals surface area (Å²) in [6.07, 6.45) is 5.51. The Balaban J connectivity index is 2.16. The molecular weight excluding hydrogens is 200 g/mol. The predicted octanol–water partition coefficient (Wildman–Crippen LogP) is 3.33. The molecule has 0 aromatic carbocycles. The smallest absolute Gasteiger partial charge is 0.137 e. The highest BCUT2D eigenvalue weighted by atomic mass is 16.5. The van der Waals surface area contributed by atoms with Crippen LogP contribution in [0.2, 0.25) is 0 Å². The maximum absolute atomic E-state index is 5.05. The molecule has 0 amide bonds. The third-order valence-electron chi connectivity index (χ3n) is 2.49. The van der Waals surface area contributed by atoms with E-state index in [-0.39, 0.29) is 0 Å². The van der Waals surface area contributed by atoms with Crippen LogP contribution in [-0.2, 0) is 0 Å². The molecule has 0 bridgehead atoms. The Labute approximate surface area is 98.2 Å². The molecule has 0 saturated carbocycles. The van der Waals surface area contributed by atoms with Crippen LogP contribution in [0.3, 0.4) is 0 Å². The fourth-order valence-corrected chi connectivity index (χ4v) is 1.50. The van der Waals surface area contributed by atoms with Gasteiger partial charge in [0, 0.05) is 6.54 Å². The fourth-order valence-electron chi connectivity index (χ4n) is 1.50. The minimum absolute atomic E-state index is 0.797. The lowest BCUT2D eigenvalue weighted by molar-refractivity contribution is 0.413. The van der Waals surface area contributed by atoms with E-state index >= 15 is 0 Å². The number of pyridine rings is 1. The summed E-state index contributed by atoms with van der Waals surface area (Å²) in [5.74, 6) is 2.52. The molecule has 0 saturated heterocycles. The highest BCUT2D eigenvalue weighted by Gasteiger charge is 1.96. The molecule has 1 heterocycles. The van der Waals surface area contributed by atoms with E-state index in [1.165, 1.54) is 19.3 Å². The van der Waals surface area contributed by atoms with Crippen LogP contribution in [0.25, 0.3) is 0 Å². The van der Waals surface area contributed by atoms with E-state index < -0.39 is 0 Å². The highest BCUT2D eigenvalue weighted by molar-refractivity contribution is 5.37. The van der Waals surface area contributed by atoms with Gasteiger partial charge in [-0.15, -0.1) is 0 Å². The number of rotatable bonds is 7. The molecule has 16 heavy (non-hydrogen) atoms. The number of nitrogens with zero attached hydrogens (tertiary/aromatic N) is 1. The summed E-state index contributed by atoms with van der Waals surface area (Å²) in [5.41, 5.74) is 0. The first-order chi connectivity index (χ1) is 7.72. The van der Waals surface area contributed by atoms with Crippen LogP contribution in [0.1, 0.15) is 33.1 Å². The molecule has 0 spiro atoms. The third-order valence-corrected chi connectivity index (χ3v) is 2.49. The molecule has 1 aromatic rings. The Bertz CT molecular complexity index is 282. The van der Waals surface area contributed by atoms with Crippen molar-refractivity contribution in [2.75, 3.05) is 19.0 Å². The Morgan fingerprint density at radius 3 is 2.69 bits per heavy atom. The van der Waals surface area contributed by atoms with Gasteiger partial charge in [-0.3, -0.25) is 0 Å². The average molecular weight is 222 g/mol. The third kappa shape index (κ3) is 5.01. The SMILES string of the molecule is COc1ccc(NCCCCC(C)C)nc1. The van der Waals surface area contributed by atoms with E-state index in [1.807, 2.05) is 12.1 Å². The van der Waals surface area contributed by atoms with Crippen molar-refractivity contribution in [3.05, 3.63) is 18.3 Å². The Morgan fingerprint density at radius 1 is 1.31 bits per heavy atom. The first-order valence-corrected chi connectivity index (χ1v) is 5.96. The van der Waals surface area contributed by atoms with Crippen molar-refractivity contribution in [3.63, 3.8) is 0 Å². The van der Waals surface area contributed by atoms with Crippen LogP contribution in [-0.4, -0.2) is 18.6 Å². The van der Waals surface area contributed by atoms with Crippen LogP contribution >= 0.6 is 0 Å². The van der Waals surface area contributed by atoms with Gasteiger partial charge in [0.05, 0.1) is 13.3 Å². The normalized spacial score (nSPS) is 10.5. The second-order valence-corrected chi connectivity index (χ2v) is 4.40. The largest absolute Gasteiger partial charge is 0.495 e. The summed E-state index contributed by atoms with van der Waals surface area (Å²) in [6.45, 7) is 5.52. The number of hydrogen-bond donors (Lipinski definition) is 1. The molecule has 1 N–H and O–H groups in total. The molecule has 0 unspecified atom stereocenters. The molecular formula is C13H22N2O. The zero-order valence-corrected chi connectivity index (χ0v) is 10.5. The lowest BCUT2D eigenvalue weighted by Crippen LogP contribution is -2.03. The Hall–Kier alpha value is -1.25. The lowest BCUT2D eigenvalue weighted by atomic mass is 10.1. The molecule has 0 aliphatic rings. The molecule has 90 valence electrons. The van der Waals surface area contributed by atoms with Gasteiger partial charge >= 0.3 is 0 Å². The zero-order valence-electron chi connectivity index (χ0n) is 10.5. The van der Waals surface area contributed by atoms with Gasteiger partial charge in [0.1, 0.15) is 11.6 Å². The van der Waals surface area contributed by atoms with E-state index in [1.54, 1.807) is 13.3 Å². The molecule has 3 heteroatoms. The van der Waals surface area contributed by atoms with Crippen LogP contribution in [0.4, 0.5) is 5.82 Å². The van der Waals surface area contributed by atoms with E-state index in [0.717, 1.165) is 24.0 Å². The molecule has 0 fully saturated rings. The zero-order chi connectivity index (χ0) is 11.8. The number of methoxy groups -OCH3 is 1. The summed E-state index contributed by atoms with van der Waals surface area (Å²) in [5, 5.41) is 3.30. The summed E-state index contributed by atoms with van der Waals surface area (Å²) in [4.78, 5) is 4.25. The Morgan fingerprint density at radius 2 is 2.12 bits per heavy atom. The molecule has 0 atom stereocenters. The van der Waals surface area contributed by atoms with E-state index in [9.17, 15) is 0 Å². The predicted molar refractivity (Wildman–Crippen MR) is 68.0 cm³/mol. The van der Waals surface area contributed by atoms with Gasteiger partial charge in [-0.25, -0.2) is 4.98 Å². The molecule has 0 radical (unpaired) electrons. The van der Waals surface area contributed by atoms with Crippen molar-refractivity contribution in [2.24, 2.45) is 5.92 Å². The minimum atomic E-state index is 0.797. The molecule has 1 aromatic heterocycles. The Kier molecular flexibility index (Phi) is 5.68. The molecule has 0 aliphatic heterocycles. The minimum Gasteiger partial charge on any atom is -0.495 e. The first-order valence-electron chi connectivity index (χ1n) is 5.96. The van der Waals surface area contributed by atoms with Gasteiger partial charge in [-0.1, -0.05) is 26.7 Å². The number of ether oxygens (including phenoxy) is 1. The standard InChI is InChI=1S/C13H22N2O/c1-11(2)6-4-5-9-14-13-8-7-12(16-3)10-15-13/h7-8,10-11H,4-6,9H2,1-3H3,(H,14,15). The van der Waals surface area contributed by atoms with E-state index in [0.29, 0.717) is 0 Å². The van der Waals surface area contributed by atoms with Crippen LogP contribution in [0.5, 0.6) is 5.75 Å². The summed E-state index contributed by atoms with van der Waals surface area (Å²) in [6, 6.07) is 3.87. The van der Waals surface area contributed by atoms with Crippen LogP contribution in [0.15, 0.2) is 18.3 Å². The monoisotopic (exact) mass is 222 g/mol. The van der Waals surface area contributed by atoms with Gasteiger partial charge in [-0.2, -0.15) is 0 Å². The van der Waals surface area contributed by atoms with Crippen molar-refractivity contribution in [3.8, 4) is 5.75 Å². The van der Waals surface area contributed by atoms with Crippen LogP contribution in [0, 0.1) is 5.92 Å². The van der Waals surface area contributed by atoms with Gasteiger partial charge in [0.2, 0.25) is 0 Å². The highest BCUT2D eigenvalue weighted by Crippen LogP contribution is 2.11. The van der Waals surface area contributed by atoms with Crippen molar-refractivity contribution in [2.45, 2.75) is 33.1 Å². The lowest BCUT2D eigenvalue weighted by Gasteiger charge is -2.07. The van der Waals surface area contributed by atoms with E-state index in [4.69, 9.17) is 4.74 Å². The van der Waals surface area contributed by atoms with Crippen molar-refractivity contribution >= 4 is 5.82 Å². The number of unbranched alkanes of at least 4 members (excludes halogenated alkanes) is 1. The number of anilines is 1. The topological polar surface area (TPSA) is 34.1 Å². The number of aromatic nitrogens is 1. The fraction of sp³-hybridized carbons (Fsp3) is 0.615. The number of nitrogens with one attached hydrogen (secondary N) is 1. The van der Waals surface area contributed by atoms with Crippen molar-refractivity contribution < 1.29 is 4.74 Å². The number of hydrogen-bond acceptors (Lipinski definition) is 3. The van der Waals surface area contributed by atoms with Crippen molar-refractivity contribution in [1.82, 2.24) is 4.98 Å². The average Bonchev–Trinajstić information content (AvgIpc) is 2.29. The summed E-state index contributed by atoms with van der Waals surface area (Å²) < 4.78 is 5.05. The van der Waals surface area contributed by atoms with Gasteiger partial charge < -0.3 is 10.1 Å².